The van der Waals surface area contributed by atoms with Gasteiger partial charge in [0.05, 0.1) is 11.9 Å². The van der Waals surface area contributed by atoms with E-state index in [1.807, 2.05) is 4.72 Å². The van der Waals surface area contributed by atoms with Gasteiger partial charge in [0.1, 0.15) is 16.2 Å². The lowest BCUT2D eigenvalue weighted by molar-refractivity contribution is 0.522. The molecule has 1 aromatic carbocycles. The summed E-state index contributed by atoms with van der Waals surface area (Å²) in [6.07, 6.45) is 1.20. The number of nitrogen functional groups attached to an aromatic ring is 1. The van der Waals surface area contributed by atoms with Gasteiger partial charge in [0.15, 0.2) is 4.90 Å². The summed E-state index contributed by atoms with van der Waals surface area (Å²) in [7, 11) is -4.42. The summed E-state index contributed by atoms with van der Waals surface area (Å²) < 4.78 is 53.7. The fourth-order valence-electron chi connectivity index (χ4n) is 1.48. The van der Waals surface area contributed by atoms with Gasteiger partial charge < -0.3 is 5.73 Å². The molecule has 0 fully saturated rings. The Balaban J connectivity index is 2.43. The van der Waals surface area contributed by atoms with Gasteiger partial charge in [-0.15, -0.1) is 0 Å². The minimum Gasteiger partial charge on any atom is -0.399 e. The topological polar surface area (TPSA) is 85.1 Å². The van der Waals surface area contributed by atoms with Crippen LogP contribution in [-0.2, 0) is 10.0 Å². The molecule has 0 bridgehead atoms. The molecule has 0 saturated heterocycles. The van der Waals surface area contributed by atoms with E-state index in [0.717, 1.165) is 12.1 Å². The summed E-state index contributed by atoms with van der Waals surface area (Å²) in [6, 6.07) is 4.34. The number of pyridine rings is 1. The Morgan fingerprint density at radius 1 is 1.20 bits per heavy atom. The predicted molar refractivity (Wildman–Crippen MR) is 73.5 cm³/mol. The van der Waals surface area contributed by atoms with Crippen LogP contribution in [0.3, 0.4) is 0 Å². The number of anilines is 2. The zero-order valence-corrected chi connectivity index (χ0v) is 12.2. The predicted octanol–water partition coefficient (Wildman–Crippen LogP) is 2.51. The smallest absolute Gasteiger partial charge is 0.267 e. The fraction of sp³-hybridized carbons (Fsp3) is 0. The lowest BCUT2D eigenvalue weighted by atomic mass is 10.3. The number of benzene rings is 1. The maximum absolute atomic E-state index is 13.6. The number of nitrogens with one attached hydrogen (secondary N) is 1. The molecule has 0 aliphatic heterocycles. The zero-order valence-electron chi connectivity index (χ0n) is 9.77. The maximum atomic E-state index is 13.6. The first kappa shape index (κ1) is 14.7. The van der Waals surface area contributed by atoms with Gasteiger partial charge in [-0.25, -0.2) is 22.2 Å². The minimum absolute atomic E-state index is 0.0730. The average molecular weight is 364 g/mol. The van der Waals surface area contributed by atoms with E-state index in [2.05, 4.69) is 20.9 Å². The van der Waals surface area contributed by atoms with E-state index in [0.29, 0.717) is 4.60 Å². The van der Waals surface area contributed by atoms with Crippen molar-refractivity contribution in [1.29, 1.82) is 0 Å². The van der Waals surface area contributed by atoms with Crippen molar-refractivity contribution >= 4 is 37.3 Å². The molecule has 9 heteroatoms. The number of nitrogens with zero attached hydrogens (tertiary/aromatic N) is 1. The van der Waals surface area contributed by atoms with Crippen LogP contribution in [0.1, 0.15) is 0 Å². The summed E-state index contributed by atoms with van der Waals surface area (Å²) in [6.45, 7) is 0. The molecular formula is C11H8BrF2N3O2S. The van der Waals surface area contributed by atoms with E-state index in [4.69, 9.17) is 5.73 Å². The maximum Gasteiger partial charge on any atom is 0.267 e. The quantitative estimate of drug-likeness (QED) is 0.648. The Bertz CT molecular complexity index is 728. The molecule has 2 aromatic rings. The van der Waals surface area contributed by atoms with Gasteiger partial charge in [-0.3, -0.25) is 4.72 Å². The highest BCUT2D eigenvalue weighted by molar-refractivity contribution is 9.10. The second-order valence-electron chi connectivity index (χ2n) is 3.79. The standard InChI is InChI=1S/C11H8BrF2N3O2S/c12-10-2-1-7(5-16-10)17-20(18,19)11-8(13)3-6(15)4-9(11)14/h1-5,17H,15H2. The third-order valence-corrected chi connectivity index (χ3v) is 4.17. The average Bonchev–Trinajstić information content (AvgIpc) is 2.30. The van der Waals surface area contributed by atoms with Crippen LogP contribution < -0.4 is 10.5 Å². The zero-order chi connectivity index (χ0) is 14.9. The first-order valence-corrected chi connectivity index (χ1v) is 7.46. The Morgan fingerprint density at radius 2 is 1.80 bits per heavy atom. The first-order valence-electron chi connectivity index (χ1n) is 5.18. The number of halogens is 3. The third-order valence-electron chi connectivity index (χ3n) is 2.27. The molecule has 106 valence electrons. The lowest BCUT2D eigenvalue weighted by Crippen LogP contribution is -2.17. The van der Waals surface area contributed by atoms with Gasteiger partial charge in [-0.2, -0.15) is 0 Å². The molecule has 0 spiro atoms. The van der Waals surface area contributed by atoms with Crippen LogP contribution in [0.25, 0.3) is 0 Å². The normalized spacial score (nSPS) is 11.3. The molecule has 2 rings (SSSR count). The van der Waals surface area contributed by atoms with Crippen molar-refractivity contribution in [2.24, 2.45) is 0 Å². The van der Waals surface area contributed by atoms with Gasteiger partial charge in [-0.05, 0) is 40.2 Å². The van der Waals surface area contributed by atoms with E-state index in [-0.39, 0.29) is 11.4 Å². The van der Waals surface area contributed by atoms with E-state index in [1.54, 1.807) is 0 Å². The van der Waals surface area contributed by atoms with Crippen molar-refractivity contribution in [2.75, 3.05) is 10.5 Å². The molecule has 0 saturated carbocycles. The fourth-order valence-corrected chi connectivity index (χ4v) is 2.88. The summed E-state index contributed by atoms with van der Waals surface area (Å²) in [5.74, 6) is -2.53. The second-order valence-corrected chi connectivity index (χ2v) is 6.22. The number of nitrogens with two attached hydrogens (primary N) is 1. The summed E-state index contributed by atoms with van der Waals surface area (Å²) >= 11 is 3.08. The van der Waals surface area contributed by atoms with Crippen molar-refractivity contribution in [1.82, 2.24) is 4.98 Å². The SMILES string of the molecule is Nc1cc(F)c(S(=O)(=O)Nc2ccc(Br)nc2)c(F)c1. The van der Waals surface area contributed by atoms with Crippen LogP contribution in [-0.4, -0.2) is 13.4 Å². The van der Waals surface area contributed by atoms with E-state index < -0.39 is 26.6 Å². The van der Waals surface area contributed by atoms with Crippen LogP contribution >= 0.6 is 15.9 Å². The number of aromatic nitrogens is 1. The Kier molecular flexibility index (Phi) is 3.91. The highest BCUT2D eigenvalue weighted by Crippen LogP contribution is 2.24. The monoisotopic (exact) mass is 363 g/mol. The van der Waals surface area contributed by atoms with Crippen LogP contribution in [0.4, 0.5) is 20.2 Å². The molecular weight excluding hydrogens is 356 g/mol. The summed E-state index contributed by atoms with van der Waals surface area (Å²) in [5.41, 5.74) is 5.10. The van der Waals surface area contributed by atoms with Crippen LogP contribution in [0.2, 0.25) is 0 Å². The van der Waals surface area contributed by atoms with Gasteiger partial charge in [0.25, 0.3) is 10.0 Å². The largest absolute Gasteiger partial charge is 0.399 e. The second kappa shape index (κ2) is 5.33. The van der Waals surface area contributed by atoms with E-state index in [9.17, 15) is 17.2 Å². The molecule has 0 atom stereocenters. The first-order chi connectivity index (χ1) is 9.29. The van der Waals surface area contributed by atoms with Gasteiger partial charge >= 0.3 is 0 Å². The third kappa shape index (κ3) is 3.05. The van der Waals surface area contributed by atoms with Gasteiger partial charge in [0, 0.05) is 5.69 Å². The van der Waals surface area contributed by atoms with E-state index >= 15 is 0 Å². The molecule has 0 amide bonds. The molecule has 0 radical (unpaired) electrons. The Morgan fingerprint density at radius 3 is 2.30 bits per heavy atom. The molecule has 5 nitrogen and oxygen atoms in total. The van der Waals surface area contributed by atoms with Crippen molar-refractivity contribution in [3.05, 3.63) is 46.7 Å². The Labute approximate surface area is 122 Å². The number of sulfonamides is 1. The molecule has 0 unspecified atom stereocenters. The lowest BCUT2D eigenvalue weighted by Gasteiger charge is -2.10. The van der Waals surface area contributed by atoms with Gasteiger partial charge in [-0.1, -0.05) is 0 Å². The van der Waals surface area contributed by atoms with Crippen molar-refractivity contribution in [3.63, 3.8) is 0 Å². The summed E-state index contributed by atoms with van der Waals surface area (Å²) in [4.78, 5) is 2.71. The molecule has 1 heterocycles. The molecule has 3 N–H and O–H groups in total. The minimum atomic E-state index is -4.42. The van der Waals surface area contributed by atoms with Crippen molar-refractivity contribution < 1.29 is 17.2 Å². The molecule has 1 aromatic heterocycles. The number of hydrogen-bond donors (Lipinski definition) is 2. The van der Waals surface area contributed by atoms with Crippen molar-refractivity contribution in [2.45, 2.75) is 4.90 Å². The summed E-state index contributed by atoms with van der Waals surface area (Å²) in [5, 5.41) is 0. The Hall–Kier alpha value is -1.74. The highest BCUT2D eigenvalue weighted by atomic mass is 79.9. The van der Waals surface area contributed by atoms with E-state index in [1.165, 1.54) is 18.3 Å². The molecule has 0 aliphatic rings. The van der Waals surface area contributed by atoms with Crippen molar-refractivity contribution in [3.8, 4) is 0 Å². The van der Waals surface area contributed by atoms with Crippen LogP contribution in [0.15, 0.2) is 40.0 Å². The van der Waals surface area contributed by atoms with Gasteiger partial charge in [0.2, 0.25) is 0 Å². The highest BCUT2D eigenvalue weighted by Gasteiger charge is 2.24. The van der Waals surface area contributed by atoms with Crippen LogP contribution in [0.5, 0.6) is 0 Å². The number of rotatable bonds is 3. The molecule has 0 aliphatic carbocycles. The number of hydrogen-bond acceptors (Lipinski definition) is 4. The molecule has 20 heavy (non-hydrogen) atoms. The van der Waals surface area contributed by atoms with Crippen LogP contribution in [0, 0.1) is 11.6 Å².